The monoisotopic (exact) mass is 497 g/mol. The van der Waals surface area contributed by atoms with Gasteiger partial charge in [-0.1, -0.05) is 41.4 Å². The summed E-state index contributed by atoms with van der Waals surface area (Å²) >= 11 is 12.3. The van der Waals surface area contributed by atoms with Crippen molar-refractivity contribution in [2.45, 2.75) is 56.5 Å². The lowest BCUT2D eigenvalue weighted by molar-refractivity contribution is -0.139. The minimum absolute atomic E-state index is 0.0182. The summed E-state index contributed by atoms with van der Waals surface area (Å²) in [5.74, 6) is -0.115. The van der Waals surface area contributed by atoms with Crippen molar-refractivity contribution in [3.05, 3.63) is 68.7 Å². The van der Waals surface area contributed by atoms with Crippen molar-refractivity contribution in [1.29, 1.82) is 0 Å². The molecule has 3 nitrogen and oxygen atoms in total. The molecule has 1 unspecified atom stereocenters. The molecule has 176 valence electrons. The van der Waals surface area contributed by atoms with Gasteiger partial charge in [0.1, 0.15) is 5.78 Å². The third kappa shape index (κ3) is 4.78. The van der Waals surface area contributed by atoms with E-state index in [9.17, 15) is 22.8 Å². The number of rotatable bonds is 4. The van der Waals surface area contributed by atoms with Gasteiger partial charge in [-0.3, -0.25) is 4.79 Å². The summed E-state index contributed by atoms with van der Waals surface area (Å²) in [5.41, 5.74) is 1.01. The van der Waals surface area contributed by atoms with E-state index < -0.39 is 11.7 Å². The minimum Gasteiger partial charge on any atom is -0.342 e. The molecule has 2 aliphatic rings. The molecule has 1 amide bonds. The summed E-state index contributed by atoms with van der Waals surface area (Å²) in [4.78, 5) is 26.4. The SMILES string of the molecule is CC(=O)CC1CC2(CCN(C(=O)Cc3ccc(Cl)cc3C(F)(F)F)CC2)c2c(Cl)cccc21. The van der Waals surface area contributed by atoms with Crippen LogP contribution in [-0.2, 0) is 27.6 Å². The molecule has 1 saturated heterocycles. The first-order chi connectivity index (χ1) is 15.5. The molecular weight excluding hydrogens is 474 g/mol. The third-order valence-corrected chi connectivity index (χ3v) is 7.53. The van der Waals surface area contributed by atoms with E-state index in [4.69, 9.17) is 23.2 Å². The Labute approximate surface area is 200 Å². The zero-order chi connectivity index (χ0) is 24.0. The second kappa shape index (κ2) is 8.95. The first-order valence-electron chi connectivity index (χ1n) is 10.9. The number of halogens is 5. The Bertz CT molecular complexity index is 1090. The second-order valence-corrected chi connectivity index (χ2v) is 9.99. The average molecular weight is 498 g/mol. The first-order valence-corrected chi connectivity index (χ1v) is 11.7. The molecular formula is C25H24Cl2F3NO2. The summed E-state index contributed by atoms with van der Waals surface area (Å²) in [6, 6.07) is 9.29. The summed E-state index contributed by atoms with van der Waals surface area (Å²) in [6.45, 7) is 2.46. The predicted octanol–water partition coefficient (Wildman–Crippen LogP) is 6.58. The molecule has 1 aliphatic heterocycles. The van der Waals surface area contributed by atoms with Gasteiger partial charge in [-0.15, -0.1) is 0 Å². The van der Waals surface area contributed by atoms with Crippen LogP contribution >= 0.6 is 23.2 Å². The van der Waals surface area contributed by atoms with Gasteiger partial charge in [0.2, 0.25) is 5.91 Å². The Morgan fingerprint density at radius 3 is 2.45 bits per heavy atom. The van der Waals surface area contributed by atoms with Gasteiger partial charge in [0.25, 0.3) is 0 Å². The molecule has 2 aromatic rings. The van der Waals surface area contributed by atoms with E-state index in [1.807, 2.05) is 18.2 Å². The number of alkyl halides is 3. The van der Waals surface area contributed by atoms with Crippen molar-refractivity contribution in [1.82, 2.24) is 4.90 Å². The maximum Gasteiger partial charge on any atom is 0.416 e. The fourth-order valence-corrected chi connectivity index (χ4v) is 6.09. The van der Waals surface area contributed by atoms with Gasteiger partial charge in [0.05, 0.1) is 12.0 Å². The lowest BCUT2D eigenvalue weighted by Crippen LogP contribution is -2.45. The highest BCUT2D eigenvalue weighted by atomic mass is 35.5. The third-order valence-electron chi connectivity index (χ3n) is 6.98. The Balaban J connectivity index is 1.51. The number of fused-ring (bicyclic) bond motifs is 2. The number of amides is 1. The van der Waals surface area contributed by atoms with Crippen molar-refractivity contribution in [2.24, 2.45) is 0 Å². The fraction of sp³-hybridized carbons (Fsp3) is 0.440. The molecule has 2 aromatic carbocycles. The first kappa shape index (κ1) is 24.1. The molecule has 0 N–H and O–H groups in total. The van der Waals surface area contributed by atoms with E-state index in [2.05, 4.69) is 0 Å². The highest BCUT2D eigenvalue weighted by molar-refractivity contribution is 6.31. The number of nitrogens with zero attached hydrogens (tertiary/aromatic N) is 1. The highest BCUT2D eigenvalue weighted by Gasteiger charge is 2.47. The second-order valence-electron chi connectivity index (χ2n) is 9.15. The van der Waals surface area contributed by atoms with E-state index in [1.165, 1.54) is 12.1 Å². The maximum absolute atomic E-state index is 13.4. The normalized spacial score (nSPS) is 19.6. The smallest absolute Gasteiger partial charge is 0.342 e. The van der Waals surface area contributed by atoms with Crippen molar-refractivity contribution < 1.29 is 22.8 Å². The molecule has 1 spiro atoms. The summed E-state index contributed by atoms with van der Waals surface area (Å²) in [5, 5.41) is 0.657. The molecule has 1 aliphatic carbocycles. The van der Waals surface area contributed by atoms with E-state index in [-0.39, 0.29) is 40.0 Å². The van der Waals surface area contributed by atoms with E-state index in [1.54, 1.807) is 11.8 Å². The number of hydrogen-bond donors (Lipinski definition) is 0. The van der Waals surface area contributed by atoms with Crippen LogP contribution in [0.4, 0.5) is 13.2 Å². The van der Waals surface area contributed by atoms with Gasteiger partial charge >= 0.3 is 6.18 Å². The molecule has 4 rings (SSSR count). The van der Waals surface area contributed by atoms with Gasteiger partial charge in [-0.25, -0.2) is 0 Å². The molecule has 1 atom stereocenters. The van der Waals surface area contributed by atoms with Crippen LogP contribution in [0, 0.1) is 0 Å². The number of ketones is 1. The maximum atomic E-state index is 13.4. The number of carbonyl (C=O) groups excluding carboxylic acids is 2. The number of benzene rings is 2. The molecule has 0 radical (unpaired) electrons. The molecule has 0 saturated carbocycles. The molecule has 1 fully saturated rings. The summed E-state index contributed by atoms with van der Waals surface area (Å²) < 4.78 is 40.2. The van der Waals surface area contributed by atoms with Gasteiger partial charge in [0, 0.05) is 35.0 Å². The highest BCUT2D eigenvalue weighted by Crippen LogP contribution is 2.55. The van der Waals surface area contributed by atoms with Gasteiger partial charge < -0.3 is 9.69 Å². The van der Waals surface area contributed by atoms with Crippen LogP contribution in [0.25, 0.3) is 0 Å². The molecule has 8 heteroatoms. The minimum atomic E-state index is -4.58. The Kier molecular flexibility index (Phi) is 6.53. The van der Waals surface area contributed by atoms with Gasteiger partial charge in [-0.2, -0.15) is 13.2 Å². The Hall–Kier alpha value is -2.05. The van der Waals surface area contributed by atoms with Crippen LogP contribution in [0.1, 0.15) is 60.8 Å². The number of hydrogen-bond acceptors (Lipinski definition) is 2. The molecule has 0 aromatic heterocycles. The van der Waals surface area contributed by atoms with Crippen LogP contribution in [0.5, 0.6) is 0 Å². The molecule has 33 heavy (non-hydrogen) atoms. The Morgan fingerprint density at radius 2 is 1.82 bits per heavy atom. The van der Waals surface area contributed by atoms with E-state index in [0.717, 1.165) is 23.6 Å². The lowest BCUT2D eigenvalue weighted by Gasteiger charge is -2.41. The lowest BCUT2D eigenvalue weighted by atomic mass is 9.73. The van der Waals surface area contributed by atoms with Crippen molar-refractivity contribution in [3.8, 4) is 0 Å². The van der Waals surface area contributed by atoms with Crippen LogP contribution in [0.2, 0.25) is 10.0 Å². The molecule has 0 bridgehead atoms. The number of piperidine rings is 1. The summed E-state index contributed by atoms with van der Waals surface area (Å²) in [7, 11) is 0. The average Bonchev–Trinajstić information content (AvgIpc) is 3.02. The molecule has 1 heterocycles. The number of Topliss-reactive ketones (excluding diaryl/α,β-unsaturated/α-hetero) is 1. The topological polar surface area (TPSA) is 37.4 Å². The standard InChI is InChI=1S/C25H24Cl2F3NO2/c1-15(32)11-17-14-24(23-19(17)3-2-4-21(23)27)7-9-31(10-8-24)22(33)12-16-5-6-18(26)13-20(16)25(28,29)30/h2-6,13,17H,7-12,14H2,1H3. The van der Waals surface area contributed by atoms with Crippen molar-refractivity contribution in [2.75, 3.05) is 13.1 Å². The van der Waals surface area contributed by atoms with E-state index in [0.29, 0.717) is 37.4 Å². The van der Waals surface area contributed by atoms with Gasteiger partial charge in [0.15, 0.2) is 0 Å². The zero-order valence-corrected chi connectivity index (χ0v) is 19.7. The quantitative estimate of drug-likeness (QED) is 0.478. The van der Waals surface area contributed by atoms with Crippen LogP contribution in [0.3, 0.4) is 0 Å². The largest absolute Gasteiger partial charge is 0.416 e. The van der Waals surface area contributed by atoms with Crippen molar-refractivity contribution >= 4 is 34.9 Å². The van der Waals surface area contributed by atoms with Crippen LogP contribution in [0.15, 0.2) is 36.4 Å². The fourth-order valence-electron chi connectivity index (χ4n) is 5.53. The van der Waals surface area contributed by atoms with E-state index >= 15 is 0 Å². The Morgan fingerprint density at radius 1 is 1.12 bits per heavy atom. The number of likely N-dealkylation sites (tertiary alicyclic amines) is 1. The summed E-state index contributed by atoms with van der Waals surface area (Å²) in [6.07, 6.45) is -2.34. The predicted molar refractivity (Wildman–Crippen MR) is 122 cm³/mol. The zero-order valence-electron chi connectivity index (χ0n) is 18.1. The number of carbonyl (C=O) groups is 2. The van der Waals surface area contributed by atoms with Crippen LogP contribution in [-0.4, -0.2) is 29.7 Å². The van der Waals surface area contributed by atoms with Crippen LogP contribution < -0.4 is 0 Å². The van der Waals surface area contributed by atoms with Gasteiger partial charge in [-0.05, 0) is 67.0 Å². The van der Waals surface area contributed by atoms with Crippen molar-refractivity contribution in [3.63, 3.8) is 0 Å².